The number of hydrogen-bond acceptors (Lipinski definition) is 3. The normalized spacial score (nSPS) is 17.0. The van der Waals surface area contributed by atoms with Gasteiger partial charge < -0.3 is 10.0 Å². The zero-order valence-electron chi connectivity index (χ0n) is 13.4. The number of rotatable bonds is 6. The second-order valence-corrected chi connectivity index (χ2v) is 6.56. The Kier molecular flexibility index (Phi) is 6.42. The van der Waals surface area contributed by atoms with Crippen LogP contribution in [0.15, 0.2) is 24.3 Å². The average molecular weight is 339 g/mol. The molecule has 1 aromatic rings. The molecule has 1 N–H and O–H groups in total. The summed E-state index contributed by atoms with van der Waals surface area (Å²) in [5, 5.41) is 9.53. The Morgan fingerprint density at radius 3 is 2.43 bits per heavy atom. The third-order valence-corrected chi connectivity index (χ3v) is 4.49. The van der Waals surface area contributed by atoms with E-state index in [1.807, 2.05) is 29.2 Å². The lowest BCUT2D eigenvalue weighted by Crippen LogP contribution is -2.48. The third-order valence-electron chi connectivity index (χ3n) is 4.12. The van der Waals surface area contributed by atoms with Gasteiger partial charge in [0, 0.05) is 50.6 Å². The molecule has 0 aromatic heterocycles. The van der Waals surface area contributed by atoms with Gasteiger partial charge in [0.05, 0.1) is 0 Å². The predicted octanol–water partition coefficient (Wildman–Crippen LogP) is 2.49. The van der Waals surface area contributed by atoms with Crippen molar-refractivity contribution >= 4 is 23.5 Å². The van der Waals surface area contributed by atoms with E-state index in [2.05, 4.69) is 4.90 Å². The van der Waals surface area contributed by atoms with Crippen LogP contribution >= 0.6 is 11.6 Å². The molecule has 23 heavy (non-hydrogen) atoms. The molecular formula is C17H23ClN2O3. The van der Waals surface area contributed by atoms with Gasteiger partial charge in [-0.25, -0.2) is 0 Å². The number of carbonyl (C=O) groups is 2. The highest BCUT2D eigenvalue weighted by atomic mass is 35.5. The van der Waals surface area contributed by atoms with Crippen molar-refractivity contribution in [3.8, 4) is 0 Å². The number of nitrogens with zero attached hydrogens (tertiary/aromatic N) is 2. The van der Waals surface area contributed by atoms with E-state index >= 15 is 0 Å². The quantitative estimate of drug-likeness (QED) is 0.865. The van der Waals surface area contributed by atoms with Crippen LogP contribution in [-0.2, 0) is 16.1 Å². The number of aliphatic carboxylic acids is 1. The number of carboxylic acids is 1. The van der Waals surface area contributed by atoms with E-state index in [1.54, 1.807) is 6.92 Å². The molecule has 1 heterocycles. The smallest absolute Gasteiger partial charge is 0.303 e. The number of carboxylic acid groups (broad SMARTS) is 1. The van der Waals surface area contributed by atoms with Gasteiger partial charge in [0.25, 0.3) is 0 Å². The minimum absolute atomic E-state index is 0.0399. The summed E-state index contributed by atoms with van der Waals surface area (Å²) >= 11 is 6.18. The lowest BCUT2D eigenvalue weighted by molar-refractivity contribution is -0.139. The van der Waals surface area contributed by atoms with Crippen LogP contribution in [0.2, 0.25) is 5.02 Å². The zero-order valence-corrected chi connectivity index (χ0v) is 14.1. The first-order chi connectivity index (χ1) is 11.0. The lowest BCUT2D eigenvalue weighted by atomic mass is 10.0. The second-order valence-electron chi connectivity index (χ2n) is 6.16. The van der Waals surface area contributed by atoms with E-state index in [4.69, 9.17) is 16.7 Å². The highest BCUT2D eigenvalue weighted by Crippen LogP contribution is 2.18. The molecule has 1 fully saturated rings. The molecular weight excluding hydrogens is 316 g/mol. The molecule has 6 heteroatoms. The van der Waals surface area contributed by atoms with Gasteiger partial charge in [-0.3, -0.25) is 14.5 Å². The van der Waals surface area contributed by atoms with Crippen LogP contribution in [0.3, 0.4) is 0 Å². The molecule has 1 aliphatic rings. The fourth-order valence-corrected chi connectivity index (χ4v) is 3.02. The molecule has 2 rings (SSSR count). The summed E-state index contributed by atoms with van der Waals surface area (Å²) in [6.07, 6.45) is 0.342. The van der Waals surface area contributed by atoms with Crippen molar-refractivity contribution in [3.63, 3.8) is 0 Å². The van der Waals surface area contributed by atoms with Crippen molar-refractivity contribution in [2.45, 2.75) is 26.3 Å². The summed E-state index contributed by atoms with van der Waals surface area (Å²) < 4.78 is 0. The van der Waals surface area contributed by atoms with Gasteiger partial charge in [0.2, 0.25) is 5.91 Å². The van der Waals surface area contributed by atoms with Crippen LogP contribution in [0.5, 0.6) is 0 Å². The molecule has 5 nitrogen and oxygen atoms in total. The van der Waals surface area contributed by atoms with Crippen molar-refractivity contribution in [2.75, 3.05) is 26.2 Å². The van der Waals surface area contributed by atoms with Gasteiger partial charge >= 0.3 is 5.97 Å². The molecule has 0 spiro atoms. The maximum absolute atomic E-state index is 12.2. The average Bonchev–Trinajstić information content (AvgIpc) is 2.49. The predicted molar refractivity (Wildman–Crippen MR) is 89.3 cm³/mol. The van der Waals surface area contributed by atoms with E-state index in [0.29, 0.717) is 19.5 Å². The molecule has 1 saturated heterocycles. The molecule has 0 aliphatic carbocycles. The number of hydrogen-bond donors (Lipinski definition) is 1. The van der Waals surface area contributed by atoms with Gasteiger partial charge in [-0.15, -0.1) is 0 Å². The van der Waals surface area contributed by atoms with Crippen molar-refractivity contribution in [2.24, 2.45) is 5.92 Å². The topological polar surface area (TPSA) is 60.9 Å². The van der Waals surface area contributed by atoms with Crippen LogP contribution in [-0.4, -0.2) is 53.0 Å². The van der Waals surface area contributed by atoms with Gasteiger partial charge in [-0.2, -0.15) is 0 Å². The number of carbonyl (C=O) groups excluding carboxylic acids is 1. The minimum Gasteiger partial charge on any atom is -0.481 e. The van der Waals surface area contributed by atoms with E-state index in [9.17, 15) is 9.59 Å². The van der Waals surface area contributed by atoms with Crippen LogP contribution in [0, 0.1) is 5.92 Å². The Hall–Kier alpha value is -1.59. The molecule has 0 bridgehead atoms. The van der Waals surface area contributed by atoms with E-state index in [0.717, 1.165) is 30.2 Å². The highest BCUT2D eigenvalue weighted by Gasteiger charge is 2.23. The fraction of sp³-hybridized carbons (Fsp3) is 0.529. The van der Waals surface area contributed by atoms with Crippen LogP contribution < -0.4 is 0 Å². The van der Waals surface area contributed by atoms with Crippen LogP contribution in [0.4, 0.5) is 0 Å². The maximum atomic E-state index is 12.2. The summed E-state index contributed by atoms with van der Waals surface area (Å²) in [6.45, 7) is 5.58. The molecule has 0 radical (unpaired) electrons. The first kappa shape index (κ1) is 17.8. The summed E-state index contributed by atoms with van der Waals surface area (Å²) in [4.78, 5) is 27.0. The largest absolute Gasteiger partial charge is 0.481 e. The summed E-state index contributed by atoms with van der Waals surface area (Å²) in [5.74, 6) is -0.924. The van der Waals surface area contributed by atoms with E-state index in [1.165, 1.54) is 0 Å². The third kappa shape index (κ3) is 5.52. The standard InChI is InChI=1S/C17H23ClN2O3/c1-13(11-17(22)23)10-16(21)20-8-6-19(7-9-20)12-14-4-2-3-5-15(14)18/h2-5,13H,6-12H2,1H3,(H,22,23)/t13-/m0/s1. The van der Waals surface area contributed by atoms with Crippen molar-refractivity contribution in [1.29, 1.82) is 0 Å². The molecule has 126 valence electrons. The zero-order chi connectivity index (χ0) is 16.8. The summed E-state index contributed by atoms with van der Waals surface area (Å²) in [6, 6.07) is 7.81. The van der Waals surface area contributed by atoms with Gasteiger partial charge in [0.15, 0.2) is 0 Å². The second kappa shape index (κ2) is 8.31. The Bertz CT molecular complexity index is 557. The molecule has 1 amide bonds. The fourth-order valence-electron chi connectivity index (χ4n) is 2.82. The monoisotopic (exact) mass is 338 g/mol. The SMILES string of the molecule is C[C@H](CC(=O)O)CC(=O)N1CCN(Cc2ccccc2Cl)CC1. The van der Waals surface area contributed by atoms with E-state index < -0.39 is 5.97 Å². The molecule has 1 aliphatic heterocycles. The van der Waals surface area contributed by atoms with Gasteiger partial charge in [-0.1, -0.05) is 36.7 Å². The number of amides is 1. The van der Waals surface area contributed by atoms with Crippen molar-refractivity contribution in [1.82, 2.24) is 9.80 Å². The number of benzene rings is 1. The first-order valence-electron chi connectivity index (χ1n) is 7.91. The molecule has 1 atom stereocenters. The maximum Gasteiger partial charge on any atom is 0.303 e. The Morgan fingerprint density at radius 1 is 1.17 bits per heavy atom. The van der Waals surface area contributed by atoms with Gasteiger partial charge in [-0.05, 0) is 17.5 Å². The number of piperazine rings is 1. The molecule has 1 aromatic carbocycles. The summed E-state index contributed by atoms with van der Waals surface area (Å²) in [7, 11) is 0. The van der Waals surface area contributed by atoms with Crippen molar-refractivity contribution < 1.29 is 14.7 Å². The van der Waals surface area contributed by atoms with Crippen molar-refractivity contribution in [3.05, 3.63) is 34.9 Å². The lowest BCUT2D eigenvalue weighted by Gasteiger charge is -2.35. The number of halogens is 1. The molecule has 0 saturated carbocycles. The van der Waals surface area contributed by atoms with Crippen LogP contribution in [0.25, 0.3) is 0 Å². The molecule has 0 unspecified atom stereocenters. The Morgan fingerprint density at radius 2 is 1.83 bits per heavy atom. The Labute approximate surface area is 141 Å². The summed E-state index contributed by atoms with van der Waals surface area (Å²) in [5.41, 5.74) is 1.10. The Balaban J connectivity index is 1.78. The van der Waals surface area contributed by atoms with Crippen LogP contribution in [0.1, 0.15) is 25.3 Å². The minimum atomic E-state index is -0.852. The first-order valence-corrected chi connectivity index (χ1v) is 8.29. The van der Waals surface area contributed by atoms with Gasteiger partial charge in [0.1, 0.15) is 0 Å². The van der Waals surface area contributed by atoms with E-state index in [-0.39, 0.29) is 18.2 Å². The highest BCUT2D eigenvalue weighted by molar-refractivity contribution is 6.31.